The second kappa shape index (κ2) is 6.72. The summed E-state index contributed by atoms with van der Waals surface area (Å²) in [6.45, 7) is 1.79. The number of rotatable bonds is 4. The van der Waals surface area contributed by atoms with Crippen molar-refractivity contribution in [3.63, 3.8) is 0 Å². The Morgan fingerprint density at radius 2 is 2.00 bits per heavy atom. The van der Waals surface area contributed by atoms with Gasteiger partial charge in [-0.05, 0) is 6.92 Å². The Balaban J connectivity index is 2.41. The summed E-state index contributed by atoms with van der Waals surface area (Å²) in [7, 11) is 1.29. The minimum absolute atomic E-state index is 0.00670. The number of hydrogen-bond donors (Lipinski definition) is 1. The fourth-order valence-electron chi connectivity index (χ4n) is 2.61. The van der Waals surface area contributed by atoms with Gasteiger partial charge in [-0.3, -0.25) is 9.59 Å². The first-order chi connectivity index (χ1) is 10.5. The van der Waals surface area contributed by atoms with E-state index < -0.39 is 29.4 Å². The maximum atomic E-state index is 14.2. The van der Waals surface area contributed by atoms with E-state index >= 15 is 0 Å². The summed E-state index contributed by atoms with van der Waals surface area (Å²) < 4.78 is 38.2. The van der Waals surface area contributed by atoms with Crippen molar-refractivity contribution in [2.75, 3.05) is 20.3 Å². The lowest BCUT2D eigenvalue weighted by atomic mass is 9.80. The van der Waals surface area contributed by atoms with Crippen LogP contribution < -0.4 is 10.1 Å². The minimum atomic E-state index is -0.904. The van der Waals surface area contributed by atoms with Gasteiger partial charge in [0.2, 0.25) is 5.91 Å². The Kier molecular flexibility index (Phi) is 4.95. The van der Waals surface area contributed by atoms with Gasteiger partial charge in [0.1, 0.15) is 17.4 Å². The summed E-state index contributed by atoms with van der Waals surface area (Å²) >= 11 is 0. The van der Waals surface area contributed by atoms with E-state index in [1.54, 1.807) is 6.92 Å². The number of nitrogens with one attached hydrogen (secondary N) is 1. The van der Waals surface area contributed by atoms with Crippen molar-refractivity contribution >= 4 is 11.9 Å². The van der Waals surface area contributed by atoms with Gasteiger partial charge in [0.25, 0.3) is 0 Å². The first-order valence-corrected chi connectivity index (χ1v) is 6.94. The van der Waals surface area contributed by atoms with Crippen LogP contribution in [0.5, 0.6) is 5.75 Å². The molecule has 2 atom stereocenters. The molecule has 1 aromatic rings. The van der Waals surface area contributed by atoms with Gasteiger partial charge < -0.3 is 14.8 Å². The normalized spacial score (nSPS) is 21.2. The van der Waals surface area contributed by atoms with Crippen LogP contribution >= 0.6 is 0 Å². The van der Waals surface area contributed by atoms with Crippen molar-refractivity contribution in [1.29, 1.82) is 0 Å². The van der Waals surface area contributed by atoms with Crippen LogP contribution in [0.15, 0.2) is 12.1 Å². The van der Waals surface area contributed by atoms with E-state index in [0.29, 0.717) is 0 Å². The molecule has 1 N–H and O–H groups in total. The van der Waals surface area contributed by atoms with Gasteiger partial charge in [-0.1, -0.05) is 0 Å². The first kappa shape index (κ1) is 16.2. The lowest BCUT2D eigenvalue weighted by Crippen LogP contribution is -2.44. The van der Waals surface area contributed by atoms with Crippen molar-refractivity contribution in [2.45, 2.75) is 19.3 Å². The molecule has 1 aliphatic rings. The molecule has 22 heavy (non-hydrogen) atoms. The van der Waals surface area contributed by atoms with Gasteiger partial charge in [0.05, 0.1) is 19.6 Å². The Hall–Kier alpha value is -2.18. The molecule has 2 rings (SSSR count). The zero-order chi connectivity index (χ0) is 16.3. The number of esters is 1. The molecule has 5 nitrogen and oxygen atoms in total. The lowest BCUT2D eigenvalue weighted by molar-refractivity contribution is -0.150. The molecule has 7 heteroatoms. The van der Waals surface area contributed by atoms with E-state index in [-0.39, 0.29) is 36.8 Å². The predicted octanol–water partition coefficient (Wildman–Crippen LogP) is 1.76. The highest BCUT2D eigenvalue weighted by molar-refractivity contribution is 5.83. The number of amides is 1. The third kappa shape index (κ3) is 3.18. The maximum Gasteiger partial charge on any atom is 0.311 e. The Morgan fingerprint density at radius 1 is 1.36 bits per heavy atom. The second-order valence-electron chi connectivity index (χ2n) is 4.98. The monoisotopic (exact) mass is 313 g/mol. The molecule has 0 spiro atoms. The van der Waals surface area contributed by atoms with E-state index in [4.69, 9.17) is 9.47 Å². The molecule has 1 fully saturated rings. The third-order valence-electron chi connectivity index (χ3n) is 3.66. The number of ether oxygens (including phenoxy) is 2. The summed E-state index contributed by atoms with van der Waals surface area (Å²) in [6, 6.07) is 2.07. The molecule has 1 amide bonds. The highest BCUT2D eigenvalue weighted by Crippen LogP contribution is 2.36. The first-order valence-electron chi connectivity index (χ1n) is 6.94. The van der Waals surface area contributed by atoms with Crippen molar-refractivity contribution in [2.24, 2.45) is 5.92 Å². The summed E-state index contributed by atoms with van der Waals surface area (Å²) in [5, 5.41) is 2.52. The number of piperidine rings is 1. The van der Waals surface area contributed by atoms with Gasteiger partial charge >= 0.3 is 5.97 Å². The number of carbonyl (C=O) groups is 2. The molecular formula is C15H17F2NO4. The Labute approximate surface area is 126 Å². The van der Waals surface area contributed by atoms with E-state index in [2.05, 4.69) is 5.32 Å². The van der Waals surface area contributed by atoms with Crippen LogP contribution in [0.2, 0.25) is 0 Å². The molecule has 0 bridgehead atoms. The van der Waals surface area contributed by atoms with Crippen molar-refractivity contribution in [3.8, 4) is 5.75 Å². The molecule has 1 unspecified atom stereocenters. The predicted molar refractivity (Wildman–Crippen MR) is 73.4 cm³/mol. The SMILES string of the molecule is CCOC(=O)[C@H]1CNC(=O)CC1c1c(F)cc(OC)cc1F. The largest absolute Gasteiger partial charge is 0.497 e. The zero-order valence-corrected chi connectivity index (χ0v) is 12.3. The Morgan fingerprint density at radius 3 is 2.55 bits per heavy atom. The molecule has 0 aromatic heterocycles. The van der Waals surface area contributed by atoms with Gasteiger partial charge in [-0.15, -0.1) is 0 Å². The van der Waals surface area contributed by atoms with Crippen molar-refractivity contribution < 1.29 is 27.8 Å². The summed E-state index contributed by atoms with van der Waals surface area (Å²) in [5.41, 5.74) is -0.284. The van der Waals surface area contributed by atoms with Crippen LogP contribution in [-0.2, 0) is 14.3 Å². The zero-order valence-electron chi connectivity index (χ0n) is 12.3. The fourth-order valence-corrected chi connectivity index (χ4v) is 2.61. The quantitative estimate of drug-likeness (QED) is 0.860. The third-order valence-corrected chi connectivity index (χ3v) is 3.66. The van der Waals surface area contributed by atoms with E-state index in [1.807, 2.05) is 0 Å². The summed E-state index contributed by atoms with van der Waals surface area (Å²) in [4.78, 5) is 23.6. The molecule has 0 aliphatic carbocycles. The topological polar surface area (TPSA) is 64.6 Å². The van der Waals surface area contributed by atoms with Gasteiger partial charge in [-0.2, -0.15) is 0 Å². The van der Waals surface area contributed by atoms with Gasteiger partial charge in [-0.25, -0.2) is 8.78 Å². The molecule has 0 radical (unpaired) electrons. The minimum Gasteiger partial charge on any atom is -0.497 e. The second-order valence-corrected chi connectivity index (χ2v) is 4.98. The number of carbonyl (C=O) groups excluding carboxylic acids is 2. The number of hydrogen-bond acceptors (Lipinski definition) is 4. The molecule has 1 aliphatic heterocycles. The van der Waals surface area contributed by atoms with Crippen LogP contribution in [0, 0.1) is 17.6 Å². The summed E-state index contributed by atoms with van der Waals surface area (Å²) in [5.74, 6) is -4.32. The van der Waals surface area contributed by atoms with Crippen LogP contribution in [0.3, 0.4) is 0 Å². The van der Waals surface area contributed by atoms with Crippen LogP contribution in [-0.4, -0.2) is 32.1 Å². The standard InChI is InChI=1S/C15H17F2NO4/c1-3-22-15(20)10-7-18-13(19)6-9(10)14-11(16)4-8(21-2)5-12(14)17/h4-5,9-10H,3,6-7H2,1-2H3,(H,18,19)/t9?,10-/m0/s1. The van der Waals surface area contributed by atoms with Crippen molar-refractivity contribution in [1.82, 2.24) is 5.32 Å². The number of benzene rings is 1. The highest BCUT2D eigenvalue weighted by Gasteiger charge is 2.39. The van der Waals surface area contributed by atoms with E-state index in [0.717, 1.165) is 12.1 Å². The van der Waals surface area contributed by atoms with Crippen LogP contribution in [0.25, 0.3) is 0 Å². The maximum absolute atomic E-state index is 14.2. The fraction of sp³-hybridized carbons (Fsp3) is 0.467. The molecule has 120 valence electrons. The smallest absolute Gasteiger partial charge is 0.311 e. The average Bonchev–Trinajstić information content (AvgIpc) is 2.46. The molecular weight excluding hydrogens is 296 g/mol. The van der Waals surface area contributed by atoms with Gasteiger partial charge in [0.15, 0.2) is 0 Å². The molecule has 1 aromatic carbocycles. The Bertz CT molecular complexity index is 568. The number of halogens is 2. The number of methoxy groups -OCH3 is 1. The van der Waals surface area contributed by atoms with E-state index in [1.165, 1.54) is 7.11 Å². The highest BCUT2D eigenvalue weighted by atomic mass is 19.1. The summed E-state index contributed by atoms with van der Waals surface area (Å²) in [6.07, 6.45) is -0.177. The van der Waals surface area contributed by atoms with E-state index in [9.17, 15) is 18.4 Å². The van der Waals surface area contributed by atoms with Crippen molar-refractivity contribution in [3.05, 3.63) is 29.3 Å². The molecule has 1 saturated heterocycles. The molecule has 0 saturated carbocycles. The van der Waals surface area contributed by atoms with Crippen LogP contribution in [0.4, 0.5) is 8.78 Å². The van der Waals surface area contributed by atoms with Gasteiger partial charge in [0, 0.05) is 36.6 Å². The average molecular weight is 313 g/mol. The molecule has 1 heterocycles. The van der Waals surface area contributed by atoms with Crippen LogP contribution in [0.1, 0.15) is 24.8 Å². The lowest BCUT2D eigenvalue weighted by Gasteiger charge is -2.30.